The molecule has 0 atom stereocenters. The lowest BCUT2D eigenvalue weighted by Gasteiger charge is -2.17. The zero-order valence-electron chi connectivity index (χ0n) is 16.0. The molecule has 2 heterocycles. The molecule has 4 aromatic rings. The van der Waals surface area contributed by atoms with Gasteiger partial charge in [0.2, 0.25) is 11.7 Å². The van der Waals surface area contributed by atoms with E-state index in [0.29, 0.717) is 23.7 Å². The van der Waals surface area contributed by atoms with Crippen molar-refractivity contribution in [2.24, 2.45) is 0 Å². The highest BCUT2D eigenvalue weighted by molar-refractivity contribution is 7.99. The summed E-state index contributed by atoms with van der Waals surface area (Å²) in [7, 11) is 1.78. The Morgan fingerprint density at radius 3 is 2.67 bits per heavy atom. The third-order valence-corrected chi connectivity index (χ3v) is 6.08. The molecule has 30 heavy (non-hydrogen) atoms. The van der Waals surface area contributed by atoms with Gasteiger partial charge in [-0.2, -0.15) is 4.98 Å². The van der Waals surface area contributed by atoms with E-state index in [1.165, 1.54) is 12.1 Å². The first-order chi connectivity index (χ1) is 14.6. The van der Waals surface area contributed by atoms with Crippen molar-refractivity contribution >= 4 is 23.4 Å². The standard InChI is InChI=1S/C23H16FN3O2S/c1-27-18-11-8-15(13-20(18)30-19-5-3-2-4-17(19)23(27)28)22-25-21(29-26-22)12-14-6-9-16(24)10-7-14/h2-11,13H,12H2,1H3. The van der Waals surface area contributed by atoms with E-state index in [4.69, 9.17) is 4.52 Å². The van der Waals surface area contributed by atoms with Crippen molar-refractivity contribution in [3.05, 3.63) is 89.6 Å². The van der Waals surface area contributed by atoms with Crippen LogP contribution in [0, 0.1) is 5.82 Å². The lowest BCUT2D eigenvalue weighted by Crippen LogP contribution is -2.25. The van der Waals surface area contributed by atoms with Gasteiger partial charge in [-0.15, -0.1) is 0 Å². The quantitative estimate of drug-likeness (QED) is 0.458. The van der Waals surface area contributed by atoms with Gasteiger partial charge >= 0.3 is 0 Å². The molecule has 1 aliphatic heterocycles. The molecule has 0 radical (unpaired) electrons. The Balaban J connectivity index is 1.47. The van der Waals surface area contributed by atoms with Gasteiger partial charge in [-0.05, 0) is 48.0 Å². The molecular weight excluding hydrogens is 401 g/mol. The molecule has 0 saturated heterocycles. The molecule has 7 heteroatoms. The fraction of sp³-hybridized carbons (Fsp3) is 0.0870. The molecule has 0 spiro atoms. The van der Waals surface area contributed by atoms with E-state index < -0.39 is 0 Å². The largest absolute Gasteiger partial charge is 0.339 e. The predicted molar refractivity (Wildman–Crippen MR) is 112 cm³/mol. The van der Waals surface area contributed by atoms with Crippen LogP contribution in [-0.4, -0.2) is 23.1 Å². The normalized spacial score (nSPS) is 13.0. The number of benzene rings is 3. The molecule has 5 rings (SSSR count). The number of hydrogen-bond acceptors (Lipinski definition) is 5. The highest BCUT2D eigenvalue weighted by Gasteiger charge is 2.25. The van der Waals surface area contributed by atoms with Crippen LogP contribution in [0.2, 0.25) is 0 Å². The summed E-state index contributed by atoms with van der Waals surface area (Å²) in [5.41, 5.74) is 3.21. The molecule has 0 fully saturated rings. The molecule has 0 bridgehead atoms. The van der Waals surface area contributed by atoms with Crippen LogP contribution in [0.4, 0.5) is 10.1 Å². The predicted octanol–water partition coefficient (Wildman–Crippen LogP) is 5.21. The van der Waals surface area contributed by atoms with Gasteiger partial charge in [0.15, 0.2) is 0 Å². The molecule has 3 aromatic carbocycles. The van der Waals surface area contributed by atoms with E-state index in [-0.39, 0.29) is 11.7 Å². The lowest BCUT2D eigenvalue weighted by molar-refractivity contribution is 0.0990. The van der Waals surface area contributed by atoms with Crippen LogP contribution >= 0.6 is 11.8 Å². The third-order valence-electron chi connectivity index (χ3n) is 4.96. The summed E-state index contributed by atoms with van der Waals surface area (Å²) in [5, 5.41) is 4.10. The fourth-order valence-corrected chi connectivity index (χ4v) is 4.52. The Morgan fingerprint density at radius 1 is 1.03 bits per heavy atom. The summed E-state index contributed by atoms with van der Waals surface area (Å²) >= 11 is 1.55. The summed E-state index contributed by atoms with van der Waals surface area (Å²) in [5.74, 6) is 0.613. The first-order valence-corrected chi connectivity index (χ1v) is 10.2. The molecule has 5 nitrogen and oxygen atoms in total. The van der Waals surface area contributed by atoms with Gasteiger partial charge < -0.3 is 9.42 Å². The van der Waals surface area contributed by atoms with Crippen molar-refractivity contribution < 1.29 is 13.7 Å². The SMILES string of the molecule is CN1C(=O)c2ccccc2Sc2cc(-c3noc(Cc4ccc(F)cc4)n3)ccc21. The highest BCUT2D eigenvalue weighted by atomic mass is 32.2. The number of hydrogen-bond donors (Lipinski definition) is 0. The second kappa shape index (κ2) is 7.42. The average Bonchev–Trinajstić information content (AvgIpc) is 3.19. The zero-order chi connectivity index (χ0) is 20.7. The maximum Gasteiger partial charge on any atom is 0.259 e. The minimum Gasteiger partial charge on any atom is -0.339 e. The average molecular weight is 417 g/mol. The van der Waals surface area contributed by atoms with E-state index in [0.717, 1.165) is 26.6 Å². The monoisotopic (exact) mass is 417 g/mol. The van der Waals surface area contributed by atoms with Gasteiger partial charge in [0, 0.05) is 22.4 Å². The Kier molecular flexibility index (Phi) is 4.59. The van der Waals surface area contributed by atoms with E-state index in [1.54, 1.807) is 35.8 Å². The van der Waals surface area contributed by atoms with Gasteiger partial charge in [0.1, 0.15) is 5.82 Å². The first kappa shape index (κ1) is 18.6. The Morgan fingerprint density at radius 2 is 1.83 bits per heavy atom. The van der Waals surface area contributed by atoms with Crippen LogP contribution < -0.4 is 4.90 Å². The van der Waals surface area contributed by atoms with Gasteiger partial charge in [0.05, 0.1) is 17.7 Å². The second-order valence-corrected chi connectivity index (χ2v) is 8.04. The van der Waals surface area contributed by atoms with Crippen molar-refractivity contribution in [2.75, 3.05) is 11.9 Å². The Bertz CT molecular complexity index is 1250. The molecular formula is C23H16FN3O2S. The van der Waals surface area contributed by atoms with E-state index >= 15 is 0 Å². The molecule has 1 amide bonds. The van der Waals surface area contributed by atoms with E-state index in [9.17, 15) is 9.18 Å². The van der Waals surface area contributed by atoms with E-state index in [2.05, 4.69) is 10.1 Å². The number of fused-ring (bicyclic) bond motifs is 2. The van der Waals surface area contributed by atoms with Gasteiger partial charge in [-0.1, -0.05) is 41.2 Å². The number of carbonyl (C=O) groups is 1. The van der Waals surface area contributed by atoms with Crippen molar-refractivity contribution in [1.29, 1.82) is 0 Å². The zero-order valence-corrected chi connectivity index (χ0v) is 16.8. The number of halogens is 1. The third kappa shape index (κ3) is 3.37. The van der Waals surface area contributed by atoms with Crippen LogP contribution in [-0.2, 0) is 6.42 Å². The Hall–Kier alpha value is -3.45. The first-order valence-electron chi connectivity index (χ1n) is 9.35. The number of aromatic nitrogens is 2. The smallest absolute Gasteiger partial charge is 0.259 e. The van der Waals surface area contributed by atoms with Crippen LogP contribution in [0.1, 0.15) is 21.8 Å². The lowest BCUT2D eigenvalue weighted by atomic mass is 10.1. The summed E-state index contributed by atoms with van der Waals surface area (Å²) in [6.07, 6.45) is 0.428. The number of rotatable bonds is 3. The van der Waals surface area contributed by atoms with Crippen molar-refractivity contribution in [3.8, 4) is 11.4 Å². The summed E-state index contributed by atoms with van der Waals surface area (Å²) < 4.78 is 18.5. The maximum atomic E-state index is 13.1. The van der Waals surface area contributed by atoms with E-state index in [1.807, 2.05) is 42.5 Å². The number of amides is 1. The number of anilines is 1. The fourth-order valence-electron chi connectivity index (χ4n) is 3.37. The molecule has 1 aromatic heterocycles. The topological polar surface area (TPSA) is 59.2 Å². The van der Waals surface area contributed by atoms with Crippen LogP contribution in [0.3, 0.4) is 0 Å². The molecule has 0 unspecified atom stereocenters. The van der Waals surface area contributed by atoms with Crippen LogP contribution in [0.25, 0.3) is 11.4 Å². The summed E-state index contributed by atoms with van der Waals surface area (Å²) in [6.45, 7) is 0. The minimum absolute atomic E-state index is 0.0363. The van der Waals surface area contributed by atoms with Gasteiger partial charge in [-0.3, -0.25) is 4.79 Å². The van der Waals surface area contributed by atoms with Crippen LogP contribution in [0.5, 0.6) is 0 Å². The van der Waals surface area contributed by atoms with Gasteiger partial charge in [0.25, 0.3) is 5.91 Å². The molecule has 0 aliphatic carbocycles. The summed E-state index contributed by atoms with van der Waals surface area (Å²) in [4.78, 5) is 20.8. The number of carbonyl (C=O) groups excluding carboxylic acids is 1. The maximum absolute atomic E-state index is 13.1. The summed E-state index contributed by atoms with van der Waals surface area (Å²) in [6, 6.07) is 19.5. The molecule has 1 aliphatic rings. The second-order valence-electron chi connectivity index (χ2n) is 6.96. The van der Waals surface area contributed by atoms with Crippen LogP contribution in [0.15, 0.2) is 81.0 Å². The molecule has 0 saturated carbocycles. The highest BCUT2D eigenvalue weighted by Crippen LogP contribution is 2.42. The molecule has 0 N–H and O–H groups in total. The number of nitrogens with zero attached hydrogens (tertiary/aromatic N) is 3. The Labute approximate surface area is 176 Å². The molecule has 148 valence electrons. The van der Waals surface area contributed by atoms with Crippen molar-refractivity contribution in [3.63, 3.8) is 0 Å². The van der Waals surface area contributed by atoms with Crippen molar-refractivity contribution in [1.82, 2.24) is 10.1 Å². The van der Waals surface area contributed by atoms with Crippen molar-refractivity contribution in [2.45, 2.75) is 16.2 Å². The minimum atomic E-state index is -0.280. The van der Waals surface area contributed by atoms with Gasteiger partial charge in [-0.25, -0.2) is 4.39 Å².